The van der Waals surface area contributed by atoms with Crippen LogP contribution in [-0.4, -0.2) is 27.3 Å². The van der Waals surface area contributed by atoms with Gasteiger partial charge < -0.3 is 4.90 Å². The summed E-state index contributed by atoms with van der Waals surface area (Å²) in [6, 6.07) is 0.618. The summed E-state index contributed by atoms with van der Waals surface area (Å²) in [6.07, 6.45) is 3.48. The van der Waals surface area contributed by atoms with Crippen molar-refractivity contribution in [2.75, 3.05) is 16.8 Å². The molecule has 0 aromatic carbocycles. The van der Waals surface area contributed by atoms with Gasteiger partial charge in [0.25, 0.3) is 0 Å². The maximum Gasteiger partial charge on any atom is 0.205 e. The van der Waals surface area contributed by atoms with Crippen molar-refractivity contribution in [3.8, 4) is 0 Å². The average molecular weight is 276 g/mol. The molecule has 1 unspecified atom stereocenters. The Morgan fingerprint density at radius 1 is 1.64 bits per heavy atom. The normalized spacial score (nSPS) is 21.9. The van der Waals surface area contributed by atoms with Crippen molar-refractivity contribution in [3.05, 3.63) is 5.82 Å². The Hall–Kier alpha value is -0.160. The summed E-state index contributed by atoms with van der Waals surface area (Å²) in [4.78, 5) is 6.90. The predicted octanol–water partition coefficient (Wildman–Crippen LogP) is 2.46. The van der Waals surface area contributed by atoms with E-state index < -0.39 is 0 Å². The maximum absolute atomic E-state index is 4.52. The van der Waals surface area contributed by atoms with Crippen molar-refractivity contribution in [3.63, 3.8) is 0 Å². The molecule has 1 aromatic rings. The molecule has 0 amide bonds. The van der Waals surface area contributed by atoms with Crippen LogP contribution in [0.5, 0.6) is 0 Å². The summed E-state index contributed by atoms with van der Waals surface area (Å²) in [5.74, 6) is 0.977. The van der Waals surface area contributed by atoms with Crippen LogP contribution in [0.1, 0.15) is 25.6 Å². The largest absolute Gasteiger partial charge is 0.343 e. The van der Waals surface area contributed by atoms with Crippen molar-refractivity contribution in [1.29, 1.82) is 0 Å². The first kappa shape index (κ1) is 10.4. The molecule has 1 saturated heterocycles. The van der Waals surface area contributed by atoms with E-state index in [1.54, 1.807) is 0 Å². The minimum atomic E-state index is 0.618. The molecule has 5 heteroatoms. The lowest BCUT2D eigenvalue weighted by atomic mass is 10.2. The molecule has 1 fully saturated rings. The lowest BCUT2D eigenvalue weighted by Crippen LogP contribution is -2.30. The molecular weight excluding hydrogens is 262 g/mol. The number of alkyl halides is 1. The number of halogens is 1. The second kappa shape index (κ2) is 4.57. The van der Waals surface area contributed by atoms with E-state index in [2.05, 4.69) is 37.1 Å². The Balaban J connectivity index is 2.13. The SMILES string of the molecule is CCc1nsc(N2CCCC2CBr)n1. The number of rotatable bonds is 3. The molecule has 14 heavy (non-hydrogen) atoms. The van der Waals surface area contributed by atoms with Gasteiger partial charge in [-0.15, -0.1) is 0 Å². The highest BCUT2D eigenvalue weighted by atomic mass is 79.9. The summed E-state index contributed by atoms with van der Waals surface area (Å²) in [7, 11) is 0. The smallest absolute Gasteiger partial charge is 0.205 e. The van der Waals surface area contributed by atoms with E-state index in [1.165, 1.54) is 24.4 Å². The average Bonchev–Trinajstić information content (AvgIpc) is 2.85. The van der Waals surface area contributed by atoms with E-state index in [0.29, 0.717) is 6.04 Å². The van der Waals surface area contributed by atoms with Gasteiger partial charge in [0.15, 0.2) is 0 Å². The molecule has 78 valence electrons. The van der Waals surface area contributed by atoms with E-state index in [-0.39, 0.29) is 0 Å². The minimum Gasteiger partial charge on any atom is -0.343 e. The van der Waals surface area contributed by atoms with Crippen LogP contribution in [0.3, 0.4) is 0 Å². The topological polar surface area (TPSA) is 29.0 Å². The third kappa shape index (κ3) is 1.93. The third-order valence-electron chi connectivity index (χ3n) is 2.57. The fourth-order valence-corrected chi connectivity index (χ4v) is 3.27. The van der Waals surface area contributed by atoms with Crippen LogP contribution in [0, 0.1) is 0 Å². The highest BCUT2D eigenvalue weighted by molar-refractivity contribution is 9.09. The van der Waals surface area contributed by atoms with Crippen LogP contribution in [-0.2, 0) is 6.42 Å². The van der Waals surface area contributed by atoms with Crippen LogP contribution in [0.4, 0.5) is 5.13 Å². The number of aromatic nitrogens is 2. The van der Waals surface area contributed by atoms with E-state index in [4.69, 9.17) is 0 Å². The van der Waals surface area contributed by atoms with Crippen LogP contribution in [0.2, 0.25) is 0 Å². The zero-order valence-electron chi connectivity index (χ0n) is 8.24. The van der Waals surface area contributed by atoms with Gasteiger partial charge in [0.1, 0.15) is 5.82 Å². The van der Waals surface area contributed by atoms with Crippen molar-refractivity contribution in [2.24, 2.45) is 0 Å². The van der Waals surface area contributed by atoms with Crippen LogP contribution >= 0.6 is 27.5 Å². The first-order valence-electron chi connectivity index (χ1n) is 5.00. The fraction of sp³-hybridized carbons (Fsp3) is 0.778. The minimum absolute atomic E-state index is 0.618. The van der Waals surface area contributed by atoms with E-state index in [0.717, 1.165) is 29.3 Å². The summed E-state index contributed by atoms with van der Waals surface area (Å²) in [5.41, 5.74) is 0. The van der Waals surface area contributed by atoms with Crippen molar-refractivity contribution in [2.45, 2.75) is 32.2 Å². The van der Waals surface area contributed by atoms with Crippen molar-refractivity contribution in [1.82, 2.24) is 9.36 Å². The monoisotopic (exact) mass is 275 g/mol. The van der Waals surface area contributed by atoms with E-state index in [9.17, 15) is 0 Å². The van der Waals surface area contributed by atoms with Gasteiger partial charge in [-0.25, -0.2) is 4.98 Å². The van der Waals surface area contributed by atoms with Gasteiger partial charge in [0, 0.05) is 35.9 Å². The molecule has 1 aliphatic heterocycles. The van der Waals surface area contributed by atoms with Gasteiger partial charge in [-0.1, -0.05) is 22.9 Å². The highest BCUT2D eigenvalue weighted by Crippen LogP contribution is 2.27. The number of hydrogen-bond donors (Lipinski definition) is 0. The summed E-state index contributed by atoms with van der Waals surface area (Å²) >= 11 is 5.09. The van der Waals surface area contributed by atoms with Crippen molar-refractivity contribution < 1.29 is 0 Å². The molecule has 0 radical (unpaired) electrons. The molecule has 1 aromatic heterocycles. The maximum atomic E-state index is 4.52. The first-order chi connectivity index (χ1) is 6.85. The summed E-state index contributed by atoms with van der Waals surface area (Å²) in [6.45, 7) is 3.23. The first-order valence-corrected chi connectivity index (χ1v) is 6.89. The van der Waals surface area contributed by atoms with Gasteiger partial charge in [-0.3, -0.25) is 0 Å². The molecule has 0 spiro atoms. The van der Waals surface area contributed by atoms with Crippen molar-refractivity contribution >= 4 is 32.6 Å². The van der Waals surface area contributed by atoms with E-state index in [1.807, 2.05) is 0 Å². The van der Waals surface area contributed by atoms with E-state index >= 15 is 0 Å². The van der Waals surface area contributed by atoms with Crippen LogP contribution < -0.4 is 4.90 Å². The highest BCUT2D eigenvalue weighted by Gasteiger charge is 2.26. The Labute approximate surface area is 96.8 Å². The Morgan fingerprint density at radius 3 is 3.14 bits per heavy atom. The predicted molar refractivity (Wildman–Crippen MR) is 63.4 cm³/mol. The van der Waals surface area contributed by atoms with Gasteiger partial charge >= 0.3 is 0 Å². The zero-order chi connectivity index (χ0) is 9.97. The fourth-order valence-electron chi connectivity index (χ4n) is 1.75. The number of aryl methyl sites for hydroxylation is 1. The molecule has 1 atom stereocenters. The lowest BCUT2D eigenvalue weighted by Gasteiger charge is -2.21. The second-order valence-electron chi connectivity index (χ2n) is 3.49. The molecule has 0 saturated carbocycles. The van der Waals surface area contributed by atoms with Crippen LogP contribution in [0.15, 0.2) is 0 Å². The molecule has 0 aliphatic carbocycles. The number of nitrogens with zero attached hydrogens (tertiary/aromatic N) is 3. The quantitative estimate of drug-likeness (QED) is 0.794. The Morgan fingerprint density at radius 2 is 2.50 bits per heavy atom. The molecule has 1 aliphatic rings. The number of hydrogen-bond acceptors (Lipinski definition) is 4. The second-order valence-corrected chi connectivity index (χ2v) is 4.87. The molecular formula is C9H14BrN3S. The van der Waals surface area contributed by atoms with Gasteiger partial charge in [-0.2, -0.15) is 4.37 Å². The van der Waals surface area contributed by atoms with Gasteiger partial charge in [0.05, 0.1) is 0 Å². The molecule has 0 bridgehead atoms. The summed E-state index contributed by atoms with van der Waals surface area (Å²) in [5, 5.41) is 2.14. The van der Waals surface area contributed by atoms with Gasteiger partial charge in [0.2, 0.25) is 5.13 Å². The number of anilines is 1. The molecule has 2 rings (SSSR count). The Kier molecular flexibility index (Phi) is 3.38. The lowest BCUT2D eigenvalue weighted by molar-refractivity contribution is 0.746. The summed E-state index contributed by atoms with van der Waals surface area (Å²) < 4.78 is 4.32. The van der Waals surface area contributed by atoms with Crippen LogP contribution in [0.25, 0.3) is 0 Å². The third-order valence-corrected chi connectivity index (χ3v) is 4.11. The zero-order valence-corrected chi connectivity index (χ0v) is 10.6. The molecule has 3 nitrogen and oxygen atoms in total. The van der Waals surface area contributed by atoms with Gasteiger partial charge in [-0.05, 0) is 12.8 Å². The standard InChI is InChI=1S/C9H14BrN3S/c1-2-8-11-9(14-12-8)13-5-3-4-7(13)6-10/h7H,2-6H2,1H3. The molecule has 0 N–H and O–H groups in total. The Bertz CT molecular complexity index is 302. The molecule has 2 heterocycles.